The van der Waals surface area contributed by atoms with E-state index in [0.717, 1.165) is 0 Å². The summed E-state index contributed by atoms with van der Waals surface area (Å²) in [7, 11) is 1.68. The Morgan fingerprint density at radius 2 is 2.05 bits per heavy atom. The zero-order valence-electron chi connectivity index (χ0n) is 10.4. The summed E-state index contributed by atoms with van der Waals surface area (Å²) < 4.78 is 0. The standard InChI is InChI=1S/C13H14N2O4/c1-15-7-10(6-11(15)16)14-12(17)8-3-2-4-9(5-8)13(18)19/h2-5,10H,6-7H2,1H3,(H,14,17)(H,18,19). The number of carboxylic acids is 1. The highest BCUT2D eigenvalue weighted by molar-refractivity contribution is 5.98. The molecule has 2 amide bonds. The number of hydrogen-bond acceptors (Lipinski definition) is 3. The highest BCUT2D eigenvalue weighted by Gasteiger charge is 2.28. The Kier molecular flexibility index (Phi) is 3.50. The number of rotatable bonds is 3. The van der Waals surface area contributed by atoms with Gasteiger partial charge in [0.05, 0.1) is 11.6 Å². The molecule has 1 saturated heterocycles. The van der Waals surface area contributed by atoms with Crippen LogP contribution < -0.4 is 5.32 Å². The van der Waals surface area contributed by atoms with Crippen molar-refractivity contribution in [1.82, 2.24) is 10.2 Å². The lowest BCUT2D eigenvalue weighted by atomic mass is 10.1. The third-order valence-corrected chi connectivity index (χ3v) is 3.05. The lowest BCUT2D eigenvalue weighted by molar-refractivity contribution is -0.126. The van der Waals surface area contributed by atoms with E-state index in [2.05, 4.69) is 5.32 Å². The fourth-order valence-electron chi connectivity index (χ4n) is 2.02. The van der Waals surface area contributed by atoms with Crippen LogP contribution in [0, 0.1) is 0 Å². The van der Waals surface area contributed by atoms with E-state index < -0.39 is 5.97 Å². The molecular weight excluding hydrogens is 248 g/mol. The Bertz CT molecular complexity index is 541. The van der Waals surface area contributed by atoms with Crippen LogP contribution in [0.2, 0.25) is 0 Å². The summed E-state index contributed by atoms with van der Waals surface area (Å²) in [5, 5.41) is 11.6. The molecule has 1 aliphatic heterocycles. The minimum atomic E-state index is -1.08. The predicted molar refractivity (Wildman–Crippen MR) is 66.9 cm³/mol. The smallest absolute Gasteiger partial charge is 0.335 e. The molecule has 0 bridgehead atoms. The van der Waals surface area contributed by atoms with Gasteiger partial charge in [-0.3, -0.25) is 9.59 Å². The Labute approximate surface area is 110 Å². The van der Waals surface area contributed by atoms with Gasteiger partial charge >= 0.3 is 5.97 Å². The highest BCUT2D eigenvalue weighted by Crippen LogP contribution is 2.10. The Morgan fingerprint density at radius 1 is 1.37 bits per heavy atom. The molecule has 2 N–H and O–H groups in total. The first kappa shape index (κ1) is 13.1. The normalized spacial score (nSPS) is 18.5. The average Bonchev–Trinajstić information content (AvgIpc) is 2.68. The maximum absolute atomic E-state index is 12.0. The molecule has 1 atom stereocenters. The third-order valence-electron chi connectivity index (χ3n) is 3.05. The molecule has 1 aromatic rings. The number of carbonyl (C=O) groups is 3. The van der Waals surface area contributed by atoms with Crippen LogP contribution in [0.15, 0.2) is 24.3 Å². The molecule has 100 valence electrons. The van der Waals surface area contributed by atoms with Gasteiger partial charge in [-0.2, -0.15) is 0 Å². The zero-order valence-corrected chi connectivity index (χ0v) is 10.4. The summed E-state index contributed by atoms with van der Waals surface area (Å²) >= 11 is 0. The molecule has 0 aliphatic carbocycles. The second-order valence-electron chi connectivity index (χ2n) is 4.53. The summed E-state index contributed by atoms with van der Waals surface area (Å²) in [6.45, 7) is 0.475. The molecule has 19 heavy (non-hydrogen) atoms. The van der Waals surface area contributed by atoms with Gasteiger partial charge in [-0.25, -0.2) is 4.79 Å². The van der Waals surface area contributed by atoms with Crippen molar-refractivity contribution in [2.75, 3.05) is 13.6 Å². The summed E-state index contributed by atoms with van der Waals surface area (Å²) in [5.74, 6) is -1.45. The van der Waals surface area contributed by atoms with E-state index in [9.17, 15) is 14.4 Å². The van der Waals surface area contributed by atoms with Gasteiger partial charge in [-0.05, 0) is 18.2 Å². The Hall–Kier alpha value is -2.37. The van der Waals surface area contributed by atoms with E-state index in [-0.39, 0.29) is 35.4 Å². The maximum atomic E-state index is 12.0. The van der Waals surface area contributed by atoms with E-state index in [0.29, 0.717) is 6.54 Å². The van der Waals surface area contributed by atoms with Crippen LogP contribution in [0.1, 0.15) is 27.1 Å². The minimum Gasteiger partial charge on any atom is -0.478 e. The largest absolute Gasteiger partial charge is 0.478 e. The quantitative estimate of drug-likeness (QED) is 0.822. The van der Waals surface area contributed by atoms with Gasteiger partial charge in [-0.1, -0.05) is 6.07 Å². The van der Waals surface area contributed by atoms with Gasteiger partial charge < -0.3 is 15.3 Å². The number of likely N-dealkylation sites (N-methyl/N-ethyl adjacent to an activating group) is 1. The molecule has 6 nitrogen and oxygen atoms in total. The number of amides is 2. The van der Waals surface area contributed by atoms with E-state index in [1.54, 1.807) is 18.0 Å². The van der Waals surface area contributed by atoms with Crippen molar-refractivity contribution in [2.24, 2.45) is 0 Å². The number of carboxylic acid groups (broad SMARTS) is 1. The monoisotopic (exact) mass is 262 g/mol. The number of nitrogens with one attached hydrogen (secondary N) is 1. The van der Waals surface area contributed by atoms with Crippen molar-refractivity contribution in [3.8, 4) is 0 Å². The first-order valence-corrected chi connectivity index (χ1v) is 5.85. The second kappa shape index (κ2) is 5.09. The maximum Gasteiger partial charge on any atom is 0.335 e. The molecule has 6 heteroatoms. The Balaban J connectivity index is 2.06. The minimum absolute atomic E-state index is 0.00964. The fraction of sp³-hybridized carbons (Fsp3) is 0.308. The number of benzene rings is 1. The van der Waals surface area contributed by atoms with Gasteiger partial charge in [0.25, 0.3) is 5.91 Å². The van der Waals surface area contributed by atoms with E-state index in [1.807, 2.05) is 0 Å². The number of likely N-dealkylation sites (tertiary alicyclic amines) is 1. The van der Waals surface area contributed by atoms with E-state index >= 15 is 0 Å². The van der Waals surface area contributed by atoms with Crippen LogP contribution in [-0.2, 0) is 4.79 Å². The number of aromatic carboxylic acids is 1. The molecule has 1 aliphatic rings. The van der Waals surface area contributed by atoms with Crippen molar-refractivity contribution in [1.29, 1.82) is 0 Å². The second-order valence-corrected chi connectivity index (χ2v) is 4.53. The summed E-state index contributed by atoms with van der Waals surface area (Å²) in [6.07, 6.45) is 0.279. The molecule has 1 heterocycles. The lowest BCUT2D eigenvalue weighted by Gasteiger charge is -2.12. The van der Waals surface area contributed by atoms with Crippen LogP contribution in [0.5, 0.6) is 0 Å². The molecule has 0 saturated carbocycles. The molecular formula is C13H14N2O4. The molecule has 0 spiro atoms. The molecule has 1 unspecified atom stereocenters. The van der Waals surface area contributed by atoms with Crippen molar-refractivity contribution in [2.45, 2.75) is 12.5 Å². The molecule has 1 aromatic carbocycles. The Morgan fingerprint density at radius 3 is 2.63 bits per heavy atom. The summed E-state index contributed by atoms with van der Waals surface area (Å²) in [4.78, 5) is 35.7. The van der Waals surface area contributed by atoms with E-state index in [4.69, 9.17) is 5.11 Å². The highest BCUT2D eigenvalue weighted by atomic mass is 16.4. The number of nitrogens with zero attached hydrogens (tertiary/aromatic N) is 1. The molecule has 1 fully saturated rings. The van der Waals surface area contributed by atoms with Gasteiger partial charge in [0.15, 0.2) is 0 Å². The van der Waals surface area contributed by atoms with Gasteiger partial charge in [-0.15, -0.1) is 0 Å². The fourth-order valence-corrected chi connectivity index (χ4v) is 2.02. The molecule has 0 aromatic heterocycles. The van der Waals surface area contributed by atoms with Crippen LogP contribution in [0.25, 0.3) is 0 Å². The zero-order chi connectivity index (χ0) is 14.0. The predicted octanol–water partition coefficient (Wildman–Crippen LogP) is 0.345. The van der Waals surface area contributed by atoms with Crippen molar-refractivity contribution in [3.05, 3.63) is 35.4 Å². The van der Waals surface area contributed by atoms with Gasteiger partial charge in [0.1, 0.15) is 0 Å². The van der Waals surface area contributed by atoms with Crippen molar-refractivity contribution in [3.63, 3.8) is 0 Å². The topological polar surface area (TPSA) is 86.7 Å². The van der Waals surface area contributed by atoms with Crippen molar-refractivity contribution < 1.29 is 19.5 Å². The molecule has 0 radical (unpaired) electrons. The number of hydrogen-bond donors (Lipinski definition) is 2. The summed E-state index contributed by atoms with van der Waals surface area (Å²) in [6, 6.07) is 5.58. The summed E-state index contributed by atoms with van der Waals surface area (Å²) in [5.41, 5.74) is 0.342. The third kappa shape index (κ3) is 2.90. The van der Waals surface area contributed by atoms with Gasteiger partial charge in [0.2, 0.25) is 5.91 Å². The van der Waals surface area contributed by atoms with Crippen LogP contribution in [0.4, 0.5) is 0 Å². The van der Waals surface area contributed by atoms with Crippen molar-refractivity contribution >= 4 is 17.8 Å². The van der Waals surface area contributed by atoms with E-state index in [1.165, 1.54) is 18.2 Å². The van der Waals surface area contributed by atoms with Crippen LogP contribution >= 0.6 is 0 Å². The SMILES string of the molecule is CN1CC(NC(=O)c2cccc(C(=O)O)c2)CC1=O. The number of carbonyl (C=O) groups excluding carboxylic acids is 2. The van der Waals surface area contributed by atoms with Gasteiger partial charge in [0, 0.05) is 25.6 Å². The first-order valence-electron chi connectivity index (χ1n) is 5.85. The lowest BCUT2D eigenvalue weighted by Crippen LogP contribution is -2.36. The molecule has 2 rings (SSSR count). The van der Waals surface area contributed by atoms with Crippen LogP contribution in [-0.4, -0.2) is 47.4 Å². The van der Waals surface area contributed by atoms with Crippen LogP contribution in [0.3, 0.4) is 0 Å². The first-order chi connectivity index (χ1) is 8.97. The average molecular weight is 262 g/mol.